The lowest BCUT2D eigenvalue weighted by molar-refractivity contribution is 0.0377. The molecule has 1 aromatic heterocycles. The van der Waals surface area contributed by atoms with Crippen LogP contribution in [0.3, 0.4) is 0 Å². The molecule has 0 spiro atoms. The third-order valence-corrected chi connectivity index (χ3v) is 5.09. The lowest BCUT2D eigenvalue weighted by Crippen LogP contribution is -2.18. The molecule has 0 amide bonds. The van der Waals surface area contributed by atoms with Crippen LogP contribution in [0.25, 0.3) is 11.0 Å². The van der Waals surface area contributed by atoms with Crippen LogP contribution in [-0.4, -0.2) is 44.8 Å². The first-order valence-electron chi connectivity index (χ1n) is 11.3. The normalized spacial score (nSPS) is 11.4. The van der Waals surface area contributed by atoms with E-state index in [0.717, 1.165) is 0 Å². The quantitative estimate of drug-likeness (QED) is 0.175. The summed E-state index contributed by atoms with van der Waals surface area (Å²) >= 11 is 5.98. The van der Waals surface area contributed by atoms with Crippen LogP contribution in [0.1, 0.15) is 47.9 Å². The van der Waals surface area contributed by atoms with Crippen LogP contribution in [-0.2, 0) is 4.74 Å². The Morgan fingerprint density at radius 2 is 1.64 bits per heavy atom. The molecule has 0 aliphatic heterocycles. The number of anilines is 1. The van der Waals surface area contributed by atoms with Gasteiger partial charge in [-0.3, -0.25) is 0 Å². The largest absolute Gasteiger partial charge is 0.459 e. The number of nitrogens with zero attached hydrogens (tertiary/aromatic N) is 2. The number of H-pyrrole nitrogens is 1. The van der Waals surface area contributed by atoms with Crippen molar-refractivity contribution in [2.45, 2.75) is 39.5 Å². The molecule has 0 saturated heterocycles. The molecule has 0 bridgehead atoms. The number of hydrogen-bond acceptors (Lipinski definition) is 8. The Labute approximate surface area is 213 Å². The van der Waals surface area contributed by atoms with E-state index in [9.17, 15) is 14.7 Å². The molecule has 0 saturated carbocycles. The minimum atomic E-state index is -0.695. The van der Waals surface area contributed by atoms with Gasteiger partial charge >= 0.3 is 11.9 Å². The van der Waals surface area contributed by atoms with E-state index in [2.05, 4.69) is 20.7 Å². The molecule has 3 aromatic carbocycles. The highest BCUT2D eigenvalue weighted by molar-refractivity contribution is 6.33. The summed E-state index contributed by atoms with van der Waals surface area (Å²) in [4.78, 5) is 23.6. The first-order chi connectivity index (χ1) is 17.3. The summed E-state index contributed by atoms with van der Waals surface area (Å²) in [5, 5.41) is 23.1. The number of aliphatic hydroxyl groups is 1. The van der Waals surface area contributed by atoms with Crippen LogP contribution in [0.15, 0.2) is 66.7 Å². The monoisotopic (exact) mass is 510 g/mol. The Kier molecular flexibility index (Phi) is 9.38. The molecule has 4 aromatic rings. The molecule has 188 valence electrons. The molecule has 4 rings (SSSR count). The summed E-state index contributed by atoms with van der Waals surface area (Å²) in [5.41, 5.74) is 2.71. The molecular weight excluding hydrogens is 484 g/mol. The smallest absolute Gasteiger partial charge is 0.343 e. The highest BCUT2D eigenvalue weighted by Gasteiger charge is 2.13. The van der Waals surface area contributed by atoms with E-state index in [1.807, 2.05) is 25.1 Å². The first-order valence-corrected chi connectivity index (χ1v) is 11.7. The average Bonchev–Trinajstić information content (AvgIpc) is 3.34. The Bertz CT molecular complexity index is 1310. The summed E-state index contributed by atoms with van der Waals surface area (Å²) < 4.78 is 10.3. The van der Waals surface area contributed by atoms with Crippen molar-refractivity contribution < 1.29 is 24.2 Å². The summed E-state index contributed by atoms with van der Waals surface area (Å²) in [5.74, 6) is -0.301. The standard InChI is InChI=1S/C13H18ClNO3.C13H9N3O2/c1-4-12(16)15-11-7-9(5-6-10(11)14)13(17)18-8(2)3;17-13(18-10-4-2-1-3-5-10)9-6-7-11-12(8-9)15-16-14-11/h5-8,12,15-16H,4H2,1-3H3;1-8H,(H,14,15,16). The van der Waals surface area contributed by atoms with E-state index in [1.165, 1.54) is 0 Å². The molecule has 0 radical (unpaired) electrons. The summed E-state index contributed by atoms with van der Waals surface area (Å²) in [6.07, 6.45) is -0.332. The van der Waals surface area contributed by atoms with Crippen molar-refractivity contribution >= 4 is 40.3 Å². The van der Waals surface area contributed by atoms with Crippen molar-refractivity contribution in [3.05, 3.63) is 82.9 Å². The second-order valence-corrected chi connectivity index (χ2v) is 8.35. The third-order valence-electron chi connectivity index (χ3n) is 4.76. The van der Waals surface area contributed by atoms with Crippen LogP contribution < -0.4 is 10.1 Å². The van der Waals surface area contributed by atoms with Crippen LogP contribution in [0.5, 0.6) is 5.75 Å². The Balaban J connectivity index is 0.000000201. The number of nitrogens with one attached hydrogen (secondary N) is 2. The number of para-hydroxylation sites is 1. The number of ether oxygens (including phenoxy) is 2. The van der Waals surface area contributed by atoms with Crippen LogP contribution in [0.4, 0.5) is 5.69 Å². The molecule has 1 heterocycles. The van der Waals surface area contributed by atoms with Gasteiger partial charge in [0.15, 0.2) is 0 Å². The number of aromatic nitrogens is 3. The number of aromatic amines is 1. The van der Waals surface area contributed by atoms with Crippen molar-refractivity contribution in [3.8, 4) is 5.75 Å². The van der Waals surface area contributed by atoms with Gasteiger partial charge in [0.2, 0.25) is 0 Å². The van der Waals surface area contributed by atoms with Crippen LogP contribution in [0.2, 0.25) is 5.02 Å². The molecule has 1 atom stereocenters. The van der Waals surface area contributed by atoms with E-state index in [-0.39, 0.29) is 6.10 Å². The van der Waals surface area contributed by atoms with E-state index in [0.29, 0.717) is 45.0 Å². The van der Waals surface area contributed by atoms with Crippen molar-refractivity contribution in [1.29, 1.82) is 0 Å². The first kappa shape index (κ1) is 26.7. The van der Waals surface area contributed by atoms with E-state index in [4.69, 9.17) is 21.1 Å². The van der Waals surface area contributed by atoms with Crippen molar-refractivity contribution in [2.75, 3.05) is 5.32 Å². The lowest BCUT2D eigenvalue weighted by Gasteiger charge is -2.15. The average molecular weight is 511 g/mol. The van der Waals surface area contributed by atoms with Gasteiger partial charge in [-0.2, -0.15) is 15.4 Å². The predicted octanol–water partition coefficient (Wildman–Crippen LogP) is 5.22. The summed E-state index contributed by atoms with van der Waals surface area (Å²) in [6.45, 7) is 5.41. The van der Waals surface area contributed by atoms with Gasteiger partial charge in [-0.15, -0.1) is 0 Å². The summed E-state index contributed by atoms with van der Waals surface area (Å²) in [7, 11) is 0. The highest BCUT2D eigenvalue weighted by Crippen LogP contribution is 2.24. The van der Waals surface area contributed by atoms with Gasteiger partial charge in [0.25, 0.3) is 0 Å². The Morgan fingerprint density at radius 3 is 2.33 bits per heavy atom. The van der Waals surface area contributed by atoms with E-state index < -0.39 is 18.2 Å². The zero-order valence-electron chi connectivity index (χ0n) is 20.1. The zero-order valence-corrected chi connectivity index (χ0v) is 20.8. The molecular formula is C26H27ClN4O5. The molecule has 0 aliphatic carbocycles. The number of carbonyl (C=O) groups excluding carboxylic acids is 2. The number of esters is 2. The second kappa shape index (κ2) is 12.7. The van der Waals surface area contributed by atoms with Gasteiger partial charge in [-0.1, -0.05) is 36.7 Å². The van der Waals surface area contributed by atoms with Gasteiger partial charge < -0.3 is 19.9 Å². The summed E-state index contributed by atoms with van der Waals surface area (Å²) in [6, 6.07) is 18.7. The maximum Gasteiger partial charge on any atom is 0.343 e. The fraction of sp³-hybridized carbons (Fsp3) is 0.231. The minimum Gasteiger partial charge on any atom is -0.459 e. The Hall–Kier alpha value is -3.95. The van der Waals surface area contributed by atoms with Crippen molar-refractivity contribution in [3.63, 3.8) is 0 Å². The number of aliphatic hydroxyl groups excluding tert-OH is 1. The topological polar surface area (TPSA) is 126 Å². The molecule has 1 unspecified atom stereocenters. The van der Waals surface area contributed by atoms with E-state index in [1.54, 1.807) is 62.4 Å². The maximum absolute atomic E-state index is 11.9. The van der Waals surface area contributed by atoms with Gasteiger partial charge in [-0.25, -0.2) is 9.59 Å². The molecule has 36 heavy (non-hydrogen) atoms. The second-order valence-electron chi connectivity index (χ2n) is 7.95. The van der Waals surface area contributed by atoms with Crippen molar-refractivity contribution in [2.24, 2.45) is 0 Å². The van der Waals surface area contributed by atoms with Gasteiger partial charge in [0.1, 0.15) is 23.0 Å². The van der Waals surface area contributed by atoms with Crippen LogP contribution >= 0.6 is 11.6 Å². The lowest BCUT2D eigenvalue weighted by atomic mass is 10.2. The zero-order chi connectivity index (χ0) is 26.1. The third kappa shape index (κ3) is 7.53. The SMILES string of the molecule is CCC(O)Nc1cc(C(=O)OC(C)C)ccc1Cl.O=C(Oc1ccccc1)c1ccc2n[nH]nc2c1. The van der Waals surface area contributed by atoms with Crippen molar-refractivity contribution in [1.82, 2.24) is 15.4 Å². The van der Waals surface area contributed by atoms with Gasteiger partial charge in [0, 0.05) is 0 Å². The molecule has 3 N–H and O–H groups in total. The van der Waals surface area contributed by atoms with E-state index >= 15 is 0 Å². The predicted molar refractivity (Wildman–Crippen MR) is 137 cm³/mol. The molecule has 10 heteroatoms. The number of rotatable bonds is 7. The van der Waals surface area contributed by atoms with Gasteiger partial charge in [-0.05, 0) is 68.8 Å². The highest BCUT2D eigenvalue weighted by atomic mass is 35.5. The molecule has 0 fully saturated rings. The Morgan fingerprint density at radius 1 is 0.972 bits per heavy atom. The molecule has 9 nitrogen and oxygen atoms in total. The van der Waals surface area contributed by atoms with Gasteiger partial charge in [0.05, 0.1) is 27.9 Å². The number of benzene rings is 3. The number of hydrogen-bond donors (Lipinski definition) is 3. The molecule has 0 aliphatic rings. The fourth-order valence-corrected chi connectivity index (χ4v) is 3.12. The number of halogens is 1. The number of carbonyl (C=O) groups is 2. The number of fused-ring (bicyclic) bond motifs is 1. The van der Waals surface area contributed by atoms with Crippen LogP contribution in [0, 0.1) is 0 Å². The fourth-order valence-electron chi connectivity index (χ4n) is 2.95. The minimum absolute atomic E-state index is 0.175. The maximum atomic E-state index is 11.9.